The third-order valence-corrected chi connectivity index (χ3v) is 6.39. The van der Waals surface area contributed by atoms with Crippen LogP contribution in [-0.4, -0.2) is 35.2 Å². The van der Waals surface area contributed by atoms with E-state index in [-0.39, 0.29) is 23.4 Å². The molecule has 0 bridgehead atoms. The summed E-state index contributed by atoms with van der Waals surface area (Å²) in [5.41, 5.74) is 0.271. The lowest BCUT2D eigenvalue weighted by molar-refractivity contribution is -0.115. The van der Waals surface area contributed by atoms with Crippen LogP contribution >= 0.6 is 0 Å². The number of fused-ring (bicyclic) bond motifs is 1. The molecule has 148 valence electrons. The van der Waals surface area contributed by atoms with E-state index in [1.54, 1.807) is 24.1 Å². The number of halogens is 1. The van der Waals surface area contributed by atoms with E-state index in [4.69, 9.17) is 4.74 Å². The number of carbonyl (C=O) groups excluding carboxylic acids is 1. The molecule has 2 aliphatic rings. The Morgan fingerprint density at radius 2 is 1.89 bits per heavy atom. The molecule has 1 N–H and O–H groups in total. The van der Waals surface area contributed by atoms with Gasteiger partial charge in [0.05, 0.1) is 24.3 Å². The Morgan fingerprint density at radius 1 is 1.14 bits per heavy atom. The molecule has 3 atom stereocenters. The van der Waals surface area contributed by atoms with Crippen LogP contribution < -0.4 is 4.74 Å². The highest BCUT2D eigenvalue weighted by atomic mass is 19.1. The SMILES string of the molecule is COc1ccc([C@H]2[C@H]3CCCC[C@]3(O)CCN2C(=O)c2ccccc2F)cc1. The Bertz CT molecular complexity index is 853. The predicted molar refractivity (Wildman–Crippen MR) is 105 cm³/mol. The molecule has 0 unspecified atom stereocenters. The van der Waals surface area contributed by atoms with Gasteiger partial charge in [-0.1, -0.05) is 37.1 Å². The van der Waals surface area contributed by atoms with E-state index in [0.717, 1.165) is 37.0 Å². The number of hydrogen-bond donors (Lipinski definition) is 1. The van der Waals surface area contributed by atoms with Crippen molar-refractivity contribution >= 4 is 5.91 Å². The smallest absolute Gasteiger partial charge is 0.257 e. The van der Waals surface area contributed by atoms with Crippen molar-refractivity contribution in [3.05, 3.63) is 65.5 Å². The first-order valence-corrected chi connectivity index (χ1v) is 9.95. The van der Waals surface area contributed by atoms with E-state index >= 15 is 0 Å². The molecular formula is C23H26FNO3. The second-order valence-electron chi connectivity index (χ2n) is 7.90. The number of aliphatic hydroxyl groups is 1. The molecule has 0 aromatic heterocycles. The van der Waals surface area contributed by atoms with Gasteiger partial charge in [0.2, 0.25) is 0 Å². The lowest BCUT2D eigenvalue weighted by Gasteiger charge is -2.52. The Morgan fingerprint density at radius 3 is 2.61 bits per heavy atom. The van der Waals surface area contributed by atoms with Crippen LogP contribution in [0, 0.1) is 11.7 Å². The standard InChI is InChI=1S/C23H26FNO3/c1-28-17-11-9-16(10-12-17)21-19-7-4-5-13-23(19,27)14-15-25(21)22(26)18-6-2-3-8-20(18)24/h2-3,6,8-12,19,21,27H,4-5,7,13-15H2,1H3/t19-,21+,23+/m1/s1. The molecule has 1 saturated carbocycles. The van der Waals surface area contributed by atoms with Gasteiger partial charge in [-0.25, -0.2) is 4.39 Å². The largest absolute Gasteiger partial charge is 0.497 e. The Labute approximate surface area is 164 Å². The van der Waals surface area contributed by atoms with Crippen molar-refractivity contribution in [3.8, 4) is 5.75 Å². The highest BCUT2D eigenvalue weighted by Gasteiger charge is 2.50. The second-order valence-corrected chi connectivity index (χ2v) is 7.90. The highest BCUT2D eigenvalue weighted by molar-refractivity contribution is 5.95. The summed E-state index contributed by atoms with van der Waals surface area (Å²) in [7, 11) is 1.61. The molecule has 1 aliphatic heterocycles. The van der Waals surface area contributed by atoms with Crippen LogP contribution in [-0.2, 0) is 0 Å². The molecule has 28 heavy (non-hydrogen) atoms. The van der Waals surface area contributed by atoms with E-state index in [0.29, 0.717) is 13.0 Å². The van der Waals surface area contributed by atoms with Gasteiger partial charge >= 0.3 is 0 Å². The summed E-state index contributed by atoms with van der Waals surface area (Å²) < 4.78 is 19.6. The van der Waals surface area contributed by atoms with Crippen LogP contribution in [0.2, 0.25) is 0 Å². The average molecular weight is 383 g/mol. The minimum atomic E-state index is -0.769. The number of rotatable bonds is 3. The van der Waals surface area contributed by atoms with Gasteiger partial charge in [-0.05, 0) is 49.1 Å². The van der Waals surface area contributed by atoms with Crippen molar-refractivity contribution < 1.29 is 19.0 Å². The molecule has 1 saturated heterocycles. The molecule has 5 heteroatoms. The molecule has 0 spiro atoms. The van der Waals surface area contributed by atoms with E-state index in [1.807, 2.05) is 24.3 Å². The molecule has 0 radical (unpaired) electrons. The van der Waals surface area contributed by atoms with Crippen molar-refractivity contribution in [2.24, 2.45) is 5.92 Å². The quantitative estimate of drug-likeness (QED) is 0.858. The Hall–Kier alpha value is -2.40. The molecule has 2 aromatic carbocycles. The summed E-state index contributed by atoms with van der Waals surface area (Å²) in [4.78, 5) is 15.0. The summed E-state index contributed by atoms with van der Waals surface area (Å²) in [6.07, 6.45) is 4.18. The van der Waals surface area contributed by atoms with Crippen LogP contribution in [0.5, 0.6) is 5.75 Å². The van der Waals surface area contributed by atoms with E-state index in [1.165, 1.54) is 12.1 Å². The van der Waals surface area contributed by atoms with Crippen molar-refractivity contribution in [2.45, 2.75) is 43.7 Å². The van der Waals surface area contributed by atoms with Gasteiger partial charge in [0.25, 0.3) is 5.91 Å². The van der Waals surface area contributed by atoms with Crippen LogP contribution in [0.15, 0.2) is 48.5 Å². The number of hydrogen-bond acceptors (Lipinski definition) is 3. The normalized spacial score (nSPS) is 27.2. The lowest BCUT2D eigenvalue weighted by Crippen LogP contribution is -2.56. The average Bonchev–Trinajstić information content (AvgIpc) is 2.72. The zero-order chi connectivity index (χ0) is 19.7. The number of carbonyl (C=O) groups is 1. The maximum absolute atomic E-state index is 14.3. The minimum Gasteiger partial charge on any atom is -0.497 e. The van der Waals surface area contributed by atoms with Gasteiger partial charge in [0.1, 0.15) is 11.6 Å². The Balaban J connectivity index is 1.75. The lowest BCUT2D eigenvalue weighted by atomic mass is 9.66. The maximum Gasteiger partial charge on any atom is 0.257 e. The number of nitrogens with zero attached hydrogens (tertiary/aromatic N) is 1. The zero-order valence-corrected chi connectivity index (χ0v) is 16.1. The van der Waals surface area contributed by atoms with Crippen molar-refractivity contribution in [2.75, 3.05) is 13.7 Å². The second kappa shape index (κ2) is 7.55. The molecule has 2 fully saturated rings. The molecular weight excluding hydrogens is 357 g/mol. The fourth-order valence-corrected chi connectivity index (χ4v) is 4.91. The van der Waals surface area contributed by atoms with Gasteiger partial charge in [-0.2, -0.15) is 0 Å². The first-order chi connectivity index (χ1) is 13.5. The van der Waals surface area contributed by atoms with Gasteiger partial charge in [-0.15, -0.1) is 0 Å². The summed E-state index contributed by atoms with van der Waals surface area (Å²) in [6, 6.07) is 13.5. The topological polar surface area (TPSA) is 49.8 Å². The maximum atomic E-state index is 14.3. The molecule has 1 amide bonds. The first-order valence-electron chi connectivity index (χ1n) is 9.95. The number of amides is 1. The van der Waals surface area contributed by atoms with E-state index in [2.05, 4.69) is 0 Å². The van der Waals surface area contributed by atoms with Crippen LogP contribution in [0.25, 0.3) is 0 Å². The summed E-state index contributed by atoms with van der Waals surface area (Å²) in [5, 5.41) is 11.3. The van der Waals surface area contributed by atoms with E-state index < -0.39 is 11.4 Å². The third-order valence-electron chi connectivity index (χ3n) is 6.39. The Kier molecular flexibility index (Phi) is 5.11. The summed E-state index contributed by atoms with van der Waals surface area (Å²) in [6.45, 7) is 0.414. The number of ether oxygens (including phenoxy) is 1. The van der Waals surface area contributed by atoms with Crippen molar-refractivity contribution in [1.29, 1.82) is 0 Å². The summed E-state index contributed by atoms with van der Waals surface area (Å²) in [5.74, 6) is -0.137. The fourth-order valence-electron chi connectivity index (χ4n) is 4.91. The first kappa shape index (κ1) is 18.9. The highest BCUT2D eigenvalue weighted by Crippen LogP contribution is 2.49. The number of likely N-dealkylation sites (tertiary alicyclic amines) is 1. The monoisotopic (exact) mass is 383 g/mol. The van der Waals surface area contributed by atoms with Gasteiger partial charge in [-0.3, -0.25) is 4.79 Å². The molecule has 1 heterocycles. The predicted octanol–water partition coefficient (Wildman–Crippen LogP) is 4.34. The number of piperidine rings is 1. The number of benzene rings is 2. The van der Waals surface area contributed by atoms with Gasteiger partial charge in [0.15, 0.2) is 0 Å². The molecule has 4 rings (SSSR count). The van der Waals surface area contributed by atoms with Crippen molar-refractivity contribution in [3.63, 3.8) is 0 Å². The summed E-state index contributed by atoms with van der Waals surface area (Å²) >= 11 is 0. The van der Waals surface area contributed by atoms with Gasteiger partial charge in [0, 0.05) is 12.5 Å². The van der Waals surface area contributed by atoms with Crippen molar-refractivity contribution in [1.82, 2.24) is 4.90 Å². The molecule has 4 nitrogen and oxygen atoms in total. The van der Waals surface area contributed by atoms with Crippen LogP contribution in [0.1, 0.15) is 54.1 Å². The zero-order valence-electron chi connectivity index (χ0n) is 16.1. The number of methoxy groups -OCH3 is 1. The van der Waals surface area contributed by atoms with Crippen LogP contribution in [0.3, 0.4) is 0 Å². The third kappa shape index (κ3) is 3.28. The molecule has 1 aliphatic carbocycles. The minimum absolute atomic E-state index is 0.0564. The van der Waals surface area contributed by atoms with E-state index in [9.17, 15) is 14.3 Å². The molecule has 2 aromatic rings. The fraction of sp³-hybridized carbons (Fsp3) is 0.435. The van der Waals surface area contributed by atoms with Crippen LogP contribution in [0.4, 0.5) is 4.39 Å². The van der Waals surface area contributed by atoms with Gasteiger partial charge < -0.3 is 14.7 Å².